The molecule has 13 heavy (non-hydrogen) atoms. The molecule has 1 unspecified atom stereocenters. The van der Waals surface area contributed by atoms with Crippen molar-refractivity contribution < 1.29 is 0 Å². The van der Waals surface area contributed by atoms with Gasteiger partial charge in [0.2, 0.25) is 0 Å². The number of nitrogens with one attached hydrogen (secondary N) is 1. The Labute approximate surface area is 79.7 Å². The second kappa shape index (κ2) is 4.90. The van der Waals surface area contributed by atoms with Crippen LogP contribution < -0.4 is 5.73 Å². The van der Waals surface area contributed by atoms with Crippen molar-refractivity contribution in [1.82, 2.24) is 10.2 Å². The minimum Gasteiger partial charge on any atom is -0.382 e. The van der Waals surface area contributed by atoms with Gasteiger partial charge < -0.3 is 5.73 Å². The number of nitrogen functional groups attached to an aromatic ring is 1. The lowest BCUT2D eigenvalue weighted by atomic mass is 9.96. The Balaban J connectivity index is 2.56. The first-order valence-electron chi connectivity index (χ1n) is 5.08. The van der Waals surface area contributed by atoms with E-state index in [1.807, 2.05) is 6.07 Å². The predicted molar refractivity (Wildman–Crippen MR) is 55.6 cm³/mol. The quantitative estimate of drug-likeness (QED) is 0.733. The fourth-order valence-corrected chi connectivity index (χ4v) is 1.59. The maximum absolute atomic E-state index is 5.56. The van der Waals surface area contributed by atoms with E-state index in [9.17, 15) is 0 Å². The Bertz CT molecular complexity index is 242. The largest absolute Gasteiger partial charge is 0.382 e. The van der Waals surface area contributed by atoms with E-state index in [1.54, 1.807) is 0 Å². The molecule has 0 aliphatic carbocycles. The molecular formula is C10H19N3. The fourth-order valence-electron chi connectivity index (χ4n) is 1.59. The highest BCUT2D eigenvalue weighted by molar-refractivity contribution is 5.30. The summed E-state index contributed by atoms with van der Waals surface area (Å²) in [5, 5.41) is 6.94. The smallest absolute Gasteiger partial charge is 0.145 e. The average Bonchev–Trinajstić information content (AvgIpc) is 2.54. The van der Waals surface area contributed by atoms with Gasteiger partial charge >= 0.3 is 0 Å². The van der Waals surface area contributed by atoms with E-state index in [1.165, 1.54) is 25.0 Å². The summed E-state index contributed by atoms with van der Waals surface area (Å²) in [6.07, 6.45) is 4.91. The zero-order valence-corrected chi connectivity index (χ0v) is 8.51. The van der Waals surface area contributed by atoms with Crippen molar-refractivity contribution in [3.8, 4) is 0 Å². The Morgan fingerprint density at radius 1 is 1.54 bits per heavy atom. The molecule has 0 spiro atoms. The summed E-state index contributed by atoms with van der Waals surface area (Å²) < 4.78 is 0. The van der Waals surface area contributed by atoms with Gasteiger partial charge in [0.15, 0.2) is 0 Å². The summed E-state index contributed by atoms with van der Waals surface area (Å²) in [5.74, 6) is 1.20. The summed E-state index contributed by atoms with van der Waals surface area (Å²) in [6, 6.07) is 1.95. The Morgan fingerprint density at radius 3 is 2.77 bits per heavy atom. The molecule has 0 radical (unpaired) electrons. The molecule has 0 aliphatic heterocycles. The van der Waals surface area contributed by atoms with Gasteiger partial charge in [-0.05, 0) is 12.8 Å². The van der Waals surface area contributed by atoms with Crippen molar-refractivity contribution in [2.24, 2.45) is 0 Å². The number of hydrogen-bond donors (Lipinski definition) is 2. The summed E-state index contributed by atoms with van der Waals surface area (Å²) >= 11 is 0. The molecule has 0 saturated carbocycles. The average molecular weight is 181 g/mol. The number of aromatic nitrogens is 2. The van der Waals surface area contributed by atoms with Crippen molar-refractivity contribution in [1.29, 1.82) is 0 Å². The number of rotatable bonds is 5. The van der Waals surface area contributed by atoms with Crippen LogP contribution in [0.25, 0.3) is 0 Å². The van der Waals surface area contributed by atoms with Crippen LogP contribution in [0.4, 0.5) is 5.82 Å². The lowest BCUT2D eigenvalue weighted by Crippen LogP contribution is -1.97. The van der Waals surface area contributed by atoms with Crippen LogP contribution >= 0.6 is 0 Å². The summed E-state index contributed by atoms with van der Waals surface area (Å²) in [5.41, 5.74) is 6.75. The number of anilines is 1. The van der Waals surface area contributed by atoms with Crippen molar-refractivity contribution in [3.63, 3.8) is 0 Å². The maximum atomic E-state index is 5.56. The molecule has 1 rings (SSSR count). The van der Waals surface area contributed by atoms with E-state index < -0.39 is 0 Å². The highest BCUT2D eigenvalue weighted by Crippen LogP contribution is 2.24. The Hall–Kier alpha value is -0.990. The molecule has 1 atom stereocenters. The van der Waals surface area contributed by atoms with Crippen molar-refractivity contribution in [2.75, 3.05) is 5.73 Å². The summed E-state index contributed by atoms with van der Waals surface area (Å²) in [6.45, 7) is 4.42. The van der Waals surface area contributed by atoms with Crippen LogP contribution in [-0.2, 0) is 0 Å². The minimum absolute atomic E-state index is 0.602. The third kappa shape index (κ3) is 2.76. The molecule has 0 bridgehead atoms. The lowest BCUT2D eigenvalue weighted by molar-refractivity contribution is 0.556. The van der Waals surface area contributed by atoms with E-state index in [2.05, 4.69) is 24.0 Å². The maximum Gasteiger partial charge on any atom is 0.145 e. The van der Waals surface area contributed by atoms with Gasteiger partial charge in [-0.15, -0.1) is 0 Å². The first-order valence-corrected chi connectivity index (χ1v) is 5.08. The van der Waals surface area contributed by atoms with E-state index in [4.69, 9.17) is 5.73 Å². The van der Waals surface area contributed by atoms with E-state index in [-0.39, 0.29) is 0 Å². The normalized spacial score (nSPS) is 13.1. The number of unbranched alkanes of at least 4 members (excludes halogenated alkanes) is 1. The molecular weight excluding hydrogens is 162 g/mol. The Morgan fingerprint density at radius 2 is 2.31 bits per heavy atom. The second-order valence-corrected chi connectivity index (χ2v) is 3.50. The molecule has 3 nitrogen and oxygen atoms in total. The molecule has 3 N–H and O–H groups in total. The van der Waals surface area contributed by atoms with E-state index in [0.717, 1.165) is 6.42 Å². The van der Waals surface area contributed by atoms with Crippen molar-refractivity contribution in [3.05, 3.63) is 11.8 Å². The first-order chi connectivity index (χ1) is 6.27. The van der Waals surface area contributed by atoms with Gasteiger partial charge in [0.25, 0.3) is 0 Å². The fraction of sp³-hybridized carbons (Fsp3) is 0.700. The van der Waals surface area contributed by atoms with Gasteiger partial charge in [-0.3, -0.25) is 5.10 Å². The van der Waals surface area contributed by atoms with Crippen molar-refractivity contribution >= 4 is 5.82 Å². The molecule has 0 fully saturated rings. The summed E-state index contributed by atoms with van der Waals surface area (Å²) in [4.78, 5) is 0. The van der Waals surface area contributed by atoms with Gasteiger partial charge in [-0.25, -0.2) is 0 Å². The van der Waals surface area contributed by atoms with Crippen LogP contribution in [-0.4, -0.2) is 10.2 Å². The molecule has 74 valence electrons. The van der Waals surface area contributed by atoms with Crippen LogP contribution in [0.2, 0.25) is 0 Å². The molecule has 3 heteroatoms. The molecule has 0 saturated heterocycles. The molecule has 1 aromatic heterocycles. The van der Waals surface area contributed by atoms with Crippen LogP contribution in [0.5, 0.6) is 0 Å². The standard InChI is InChI=1S/C10H19N3/c1-3-5-6-8(4-2)9-7-10(11)13-12-9/h7-8H,3-6H2,1-2H3,(H3,11,12,13). The van der Waals surface area contributed by atoms with Crippen LogP contribution in [0.15, 0.2) is 6.07 Å². The van der Waals surface area contributed by atoms with Crippen molar-refractivity contribution in [2.45, 2.75) is 45.4 Å². The number of hydrogen-bond acceptors (Lipinski definition) is 2. The zero-order valence-electron chi connectivity index (χ0n) is 8.51. The Kier molecular flexibility index (Phi) is 3.80. The highest BCUT2D eigenvalue weighted by Gasteiger charge is 2.10. The molecule has 0 aromatic carbocycles. The number of nitrogens with zero attached hydrogens (tertiary/aromatic N) is 1. The predicted octanol–water partition coefficient (Wildman–Crippen LogP) is 2.68. The topological polar surface area (TPSA) is 54.7 Å². The SMILES string of the molecule is CCCCC(CC)c1cc(N)n[nH]1. The number of aromatic amines is 1. The van der Waals surface area contributed by atoms with Gasteiger partial charge in [-0.2, -0.15) is 5.10 Å². The van der Waals surface area contributed by atoms with Gasteiger partial charge in [0.05, 0.1) is 0 Å². The zero-order chi connectivity index (χ0) is 9.68. The number of H-pyrrole nitrogens is 1. The molecule has 1 heterocycles. The summed E-state index contributed by atoms with van der Waals surface area (Å²) in [7, 11) is 0. The third-order valence-corrected chi connectivity index (χ3v) is 2.46. The minimum atomic E-state index is 0.602. The number of nitrogens with two attached hydrogens (primary N) is 1. The van der Waals surface area contributed by atoms with E-state index in [0.29, 0.717) is 11.7 Å². The second-order valence-electron chi connectivity index (χ2n) is 3.50. The molecule has 0 amide bonds. The molecule has 0 aliphatic rings. The molecule has 1 aromatic rings. The van der Waals surface area contributed by atoms with Crippen LogP contribution in [0, 0.1) is 0 Å². The van der Waals surface area contributed by atoms with Crippen LogP contribution in [0.1, 0.15) is 51.1 Å². The lowest BCUT2D eigenvalue weighted by Gasteiger charge is -2.11. The van der Waals surface area contributed by atoms with Gasteiger partial charge in [-0.1, -0.05) is 26.7 Å². The third-order valence-electron chi connectivity index (χ3n) is 2.46. The monoisotopic (exact) mass is 181 g/mol. The van der Waals surface area contributed by atoms with Gasteiger partial charge in [0, 0.05) is 17.7 Å². The highest BCUT2D eigenvalue weighted by atomic mass is 15.2. The van der Waals surface area contributed by atoms with E-state index >= 15 is 0 Å². The first kappa shape index (κ1) is 10.1. The van der Waals surface area contributed by atoms with Gasteiger partial charge in [0.1, 0.15) is 5.82 Å². The van der Waals surface area contributed by atoms with Crippen LogP contribution in [0.3, 0.4) is 0 Å².